The van der Waals surface area contributed by atoms with Crippen molar-refractivity contribution >= 4 is 23.0 Å². The summed E-state index contributed by atoms with van der Waals surface area (Å²) < 4.78 is 12.8. The Morgan fingerprint density at radius 2 is 1.80 bits per heavy atom. The van der Waals surface area contributed by atoms with Crippen LogP contribution in [-0.4, -0.2) is 20.0 Å². The van der Waals surface area contributed by atoms with E-state index in [9.17, 15) is 9.18 Å². The minimum atomic E-state index is -0.375. The topological polar surface area (TPSA) is 58.4 Å². The molecule has 0 bridgehead atoms. The van der Waals surface area contributed by atoms with E-state index in [1.807, 2.05) is 25.1 Å². The Kier molecular flexibility index (Phi) is 3.89. The maximum absolute atomic E-state index is 12.8. The highest BCUT2D eigenvalue weighted by Gasteiger charge is 2.11. The molecule has 5 heteroatoms. The molecule has 0 aliphatic rings. The summed E-state index contributed by atoms with van der Waals surface area (Å²) in [6, 6.07) is 10.7. The van der Waals surface area contributed by atoms with Gasteiger partial charge in [0.1, 0.15) is 5.82 Å². The summed E-state index contributed by atoms with van der Waals surface area (Å²) >= 11 is 0. The quantitative estimate of drug-likeness (QED) is 0.845. The average Bonchev–Trinajstić information content (AvgIpc) is 2.39. The summed E-state index contributed by atoms with van der Waals surface area (Å²) in [6.45, 7) is 0. The van der Waals surface area contributed by atoms with Crippen LogP contribution in [0.25, 0.3) is 0 Å². The van der Waals surface area contributed by atoms with Crippen molar-refractivity contribution in [3.8, 4) is 0 Å². The van der Waals surface area contributed by atoms with Gasteiger partial charge in [-0.25, -0.2) is 4.39 Å². The molecule has 104 valence electrons. The molecule has 0 aliphatic carbocycles. The number of hydrogen-bond acceptors (Lipinski definition) is 3. The van der Waals surface area contributed by atoms with Gasteiger partial charge in [0.2, 0.25) is 0 Å². The SMILES string of the molecule is CN(C)c1ccc(N)cc1NC(=O)c1ccc(F)cc1. The minimum absolute atomic E-state index is 0.307. The third-order valence-corrected chi connectivity index (χ3v) is 2.86. The third kappa shape index (κ3) is 3.06. The molecule has 2 aromatic rings. The summed E-state index contributed by atoms with van der Waals surface area (Å²) in [5.74, 6) is -0.682. The maximum atomic E-state index is 12.8. The van der Waals surface area contributed by atoms with Gasteiger partial charge in [-0.05, 0) is 42.5 Å². The van der Waals surface area contributed by atoms with E-state index >= 15 is 0 Å². The lowest BCUT2D eigenvalue weighted by Gasteiger charge is -2.18. The summed E-state index contributed by atoms with van der Waals surface area (Å²) in [5, 5.41) is 2.79. The predicted molar refractivity (Wildman–Crippen MR) is 79.5 cm³/mol. The van der Waals surface area contributed by atoms with Crippen LogP contribution >= 0.6 is 0 Å². The van der Waals surface area contributed by atoms with Crippen molar-refractivity contribution in [2.24, 2.45) is 0 Å². The van der Waals surface area contributed by atoms with E-state index in [2.05, 4.69) is 5.32 Å². The molecule has 3 N–H and O–H groups in total. The number of anilines is 3. The van der Waals surface area contributed by atoms with Gasteiger partial charge in [-0.1, -0.05) is 0 Å². The Hall–Kier alpha value is -2.56. The van der Waals surface area contributed by atoms with E-state index in [0.717, 1.165) is 5.69 Å². The monoisotopic (exact) mass is 273 g/mol. The van der Waals surface area contributed by atoms with Crippen molar-refractivity contribution in [1.82, 2.24) is 0 Å². The number of nitrogen functional groups attached to an aromatic ring is 1. The van der Waals surface area contributed by atoms with Gasteiger partial charge in [-0.3, -0.25) is 4.79 Å². The first-order chi connectivity index (χ1) is 9.47. The fraction of sp³-hybridized carbons (Fsp3) is 0.133. The van der Waals surface area contributed by atoms with Crippen molar-refractivity contribution in [3.63, 3.8) is 0 Å². The largest absolute Gasteiger partial charge is 0.399 e. The van der Waals surface area contributed by atoms with E-state index in [0.29, 0.717) is 16.9 Å². The molecular weight excluding hydrogens is 257 g/mol. The van der Waals surface area contributed by atoms with Gasteiger partial charge >= 0.3 is 0 Å². The minimum Gasteiger partial charge on any atom is -0.399 e. The predicted octanol–water partition coefficient (Wildman–Crippen LogP) is 2.73. The molecule has 20 heavy (non-hydrogen) atoms. The number of hydrogen-bond donors (Lipinski definition) is 2. The molecule has 0 fully saturated rings. The Morgan fingerprint density at radius 3 is 2.40 bits per heavy atom. The molecule has 4 nitrogen and oxygen atoms in total. The molecule has 0 unspecified atom stereocenters. The molecule has 1 amide bonds. The second kappa shape index (κ2) is 5.61. The molecule has 0 spiro atoms. The van der Waals surface area contributed by atoms with E-state index in [1.54, 1.807) is 12.1 Å². The van der Waals surface area contributed by atoms with E-state index < -0.39 is 0 Å². The first kappa shape index (κ1) is 13.9. The van der Waals surface area contributed by atoms with Gasteiger partial charge < -0.3 is 16.0 Å². The van der Waals surface area contributed by atoms with Crippen LogP contribution in [0.1, 0.15) is 10.4 Å². The zero-order chi connectivity index (χ0) is 14.7. The summed E-state index contributed by atoms with van der Waals surface area (Å²) in [6.07, 6.45) is 0. The summed E-state index contributed by atoms with van der Waals surface area (Å²) in [4.78, 5) is 14.0. The van der Waals surface area contributed by atoms with Crippen LogP contribution < -0.4 is 16.0 Å². The van der Waals surface area contributed by atoms with Crippen LogP contribution in [0.5, 0.6) is 0 Å². The molecule has 2 rings (SSSR count). The Morgan fingerprint density at radius 1 is 1.15 bits per heavy atom. The van der Waals surface area contributed by atoms with Crippen LogP contribution in [0, 0.1) is 5.82 Å². The lowest BCUT2D eigenvalue weighted by molar-refractivity contribution is 0.102. The van der Waals surface area contributed by atoms with Gasteiger partial charge in [0.25, 0.3) is 5.91 Å². The zero-order valence-electron chi connectivity index (χ0n) is 11.4. The van der Waals surface area contributed by atoms with E-state index in [4.69, 9.17) is 5.73 Å². The third-order valence-electron chi connectivity index (χ3n) is 2.86. The number of nitrogens with zero attached hydrogens (tertiary/aromatic N) is 1. The lowest BCUT2D eigenvalue weighted by Crippen LogP contribution is -2.17. The van der Waals surface area contributed by atoms with Crippen LogP contribution in [0.15, 0.2) is 42.5 Å². The van der Waals surface area contributed by atoms with E-state index in [1.165, 1.54) is 24.3 Å². The summed E-state index contributed by atoms with van der Waals surface area (Å²) in [7, 11) is 3.75. The average molecular weight is 273 g/mol. The number of amides is 1. The molecule has 2 aromatic carbocycles. The normalized spacial score (nSPS) is 10.2. The van der Waals surface area contributed by atoms with Crippen molar-refractivity contribution < 1.29 is 9.18 Å². The molecule has 0 atom stereocenters. The fourth-order valence-corrected chi connectivity index (χ4v) is 1.84. The fourth-order valence-electron chi connectivity index (χ4n) is 1.84. The molecule has 0 saturated carbocycles. The first-order valence-corrected chi connectivity index (χ1v) is 6.11. The standard InChI is InChI=1S/C15H16FN3O/c1-19(2)14-8-7-12(17)9-13(14)18-15(20)10-3-5-11(16)6-4-10/h3-9H,17H2,1-2H3,(H,18,20). The van der Waals surface area contributed by atoms with Gasteiger partial charge in [0.15, 0.2) is 0 Å². The lowest BCUT2D eigenvalue weighted by atomic mass is 10.2. The Labute approximate surface area is 117 Å². The highest BCUT2D eigenvalue weighted by molar-refractivity contribution is 6.06. The number of rotatable bonds is 3. The van der Waals surface area contributed by atoms with Crippen LogP contribution in [0.4, 0.5) is 21.5 Å². The van der Waals surface area contributed by atoms with Crippen LogP contribution in [0.2, 0.25) is 0 Å². The highest BCUT2D eigenvalue weighted by atomic mass is 19.1. The van der Waals surface area contributed by atoms with Gasteiger partial charge in [0, 0.05) is 25.3 Å². The molecule has 0 aromatic heterocycles. The number of nitrogens with one attached hydrogen (secondary N) is 1. The van der Waals surface area contributed by atoms with Gasteiger partial charge in [-0.2, -0.15) is 0 Å². The smallest absolute Gasteiger partial charge is 0.255 e. The van der Waals surface area contributed by atoms with Crippen molar-refractivity contribution in [2.75, 3.05) is 30.0 Å². The molecule has 0 radical (unpaired) electrons. The highest BCUT2D eigenvalue weighted by Crippen LogP contribution is 2.27. The van der Waals surface area contributed by atoms with Crippen molar-refractivity contribution in [1.29, 1.82) is 0 Å². The number of carbonyl (C=O) groups is 1. The Balaban J connectivity index is 2.27. The van der Waals surface area contributed by atoms with Gasteiger partial charge in [-0.15, -0.1) is 0 Å². The van der Waals surface area contributed by atoms with E-state index in [-0.39, 0.29) is 11.7 Å². The molecule has 0 saturated heterocycles. The zero-order valence-corrected chi connectivity index (χ0v) is 11.4. The van der Waals surface area contributed by atoms with Crippen molar-refractivity contribution in [3.05, 3.63) is 53.8 Å². The second-order valence-corrected chi connectivity index (χ2v) is 4.63. The second-order valence-electron chi connectivity index (χ2n) is 4.63. The first-order valence-electron chi connectivity index (χ1n) is 6.11. The number of benzene rings is 2. The van der Waals surface area contributed by atoms with Crippen LogP contribution in [0.3, 0.4) is 0 Å². The van der Waals surface area contributed by atoms with Gasteiger partial charge in [0.05, 0.1) is 11.4 Å². The molecular formula is C15H16FN3O. The van der Waals surface area contributed by atoms with Crippen molar-refractivity contribution in [2.45, 2.75) is 0 Å². The maximum Gasteiger partial charge on any atom is 0.255 e. The molecule has 0 heterocycles. The number of halogens is 1. The van der Waals surface area contributed by atoms with Crippen LogP contribution in [-0.2, 0) is 0 Å². The number of nitrogens with two attached hydrogens (primary N) is 1. The summed E-state index contributed by atoms with van der Waals surface area (Å²) in [5.41, 5.74) is 8.15. The molecule has 0 aliphatic heterocycles. The Bertz CT molecular complexity index is 624. The number of carbonyl (C=O) groups excluding carboxylic acids is 1.